The normalized spacial score (nSPS) is 19.1. The minimum absolute atomic E-state index is 0.164. The third-order valence-corrected chi connectivity index (χ3v) is 5.77. The van der Waals surface area contributed by atoms with Crippen LogP contribution in [-0.2, 0) is 16.6 Å². The lowest BCUT2D eigenvalue weighted by molar-refractivity contribution is -0.123. The third kappa shape index (κ3) is 4.07. The van der Waals surface area contributed by atoms with Gasteiger partial charge in [0.05, 0.1) is 0 Å². The SMILES string of the molecule is CN(C)CCCc1ccc(C(C(N)=O)(c2ccccc2)C2CCNC2)cc1. The molecule has 3 N–H and O–H groups in total. The highest BCUT2D eigenvalue weighted by molar-refractivity contribution is 5.91. The molecule has 1 heterocycles. The maximum atomic E-state index is 12.9. The lowest BCUT2D eigenvalue weighted by atomic mass is 9.64. The predicted octanol–water partition coefficient (Wildman–Crippen LogP) is 2.56. The Labute approximate surface area is 162 Å². The topological polar surface area (TPSA) is 58.4 Å². The number of aryl methyl sites for hydroxylation is 1. The summed E-state index contributed by atoms with van der Waals surface area (Å²) in [6.45, 7) is 2.81. The van der Waals surface area contributed by atoms with Gasteiger partial charge in [-0.15, -0.1) is 0 Å². The zero-order valence-electron chi connectivity index (χ0n) is 16.4. The number of benzene rings is 2. The summed E-state index contributed by atoms with van der Waals surface area (Å²) in [5.74, 6) is -0.0975. The summed E-state index contributed by atoms with van der Waals surface area (Å²) in [5, 5.41) is 3.41. The fourth-order valence-electron chi connectivity index (χ4n) is 4.38. The van der Waals surface area contributed by atoms with E-state index in [2.05, 4.69) is 48.6 Å². The van der Waals surface area contributed by atoms with Crippen molar-refractivity contribution in [3.05, 3.63) is 71.3 Å². The van der Waals surface area contributed by atoms with Crippen molar-refractivity contribution in [3.8, 4) is 0 Å². The Morgan fingerprint density at radius 3 is 2.33 bits per heavy atom. The Bertz CT molecular complexity index is 736. The van der Waals surface area contributed by atoms with E-state index in [1.807, 2.05) is 30.3 Å². The highest BCUT2D eigenvalue weighted by Crippen LogP contribution is 2.42. The zero-order valence-corrected chi connectivity index (χ0v) is 16.4. The summed E-state index contributed by atoms with van der Waals surface area (Å²) in [7, 11) is 4.19. The first-order chi connectivity index (χ1) is 13.0. The second-order valence-corrected chi connectivity index (χ2v) is 7.83. The van der Waals surface area contributed by atoms with Crippen molar-refractivity contribution in [2.24, 2.45) is 11.7 Å². The lowest BCUT2D eigenvalue weighted by Gasteiger charge is -2.37. The fourth-order valence-corrected chi connectivity index (χ4v) is 4.38. The highest BCUT2D eigenvalue weighted by atomic mass is 16.1. The molecule has 144 valence electrons. The fraction of sp³-hybridized carbons (Fsp3) is 0.435. The molecule has 4 nitrogen and oxygen atoms in total. The minimum Gasteiger partial charge on any atom is -0.369 e. The van der Waals surface area contributed by atoms with Crippen molar-refractivity contribution >= 4 is 5.91 Å². The van der Waals surface area contributed by atoms with Crippen molar-refractivity contribution in [2.45, 2.75) is 24.7 Å². The molecular formula is C23H31N3O. The van der Waals surface area contributed by atoms with Gasteiger partial charge in [-0.2, -0.15) is 0 Å². The number of carbonyl (C=O) groups excluding carboxylic acids is 1. The molecule has 1 fully saturated rings. The molecule has 0 aliphatic carbocycles. The molecule has 0 bridgehead atoms. The number of hydrogen-bond donors (Lipinski definition) is 2. The Morgan fingerprint density at radius 1 is 1.11 bits per heavy atom. The van der Waals surface area contributed by atoms with Gasteiger partial charge >= 0.3 is 0 Å². The molecule has 0 spiro atoms. The number of primary amides is 1. The van der Waals surface area contributed by atoms with Crippen molar-refractivity contribution in [3.63, 3.8) is 0 Å². The van der Waals surface area contributed by atoms with Gasteiger partial charge in [0.15, 0.2) is 0 Å². The molecule has 1 amide bonds. The van der Waals surface area contributed by atoms with Gasteiger partial charge in [-0.3, -0.25) is 4.79 Å². The van der Waals surface area contributed by atoms with Gasteiger partial charge in [0, 0.05) is 0 Å². The summed E-state index contributed by atoms with van der Waals surface area (Å²) >= 11 is 0. The van der Waals surface area contributed by atoms with Crippen molar-refractivity contribution in [1.29, 1.82) is 0 Å². The van der Waals surface area contributed by atoms with Crippen LogP contribution >= 0.6 is 0 Å². The first kappa shape index (κ1) is 19.6. The van der Waals surface area contributed by atoms with E-state index in [4.69, 9.17) is 5.73 Å². The number of nitrogens with one attached hydrogen (secondary N) is 1. The molecular weight excluding hydrogens is 334 g/mol. The maximum Gasteiger partial charge on any atom is 0.232 e. The van der Waals surface area contributed by atoms with E-state index in [0.717, 1.165) is 50.0 Å². The quantitative estimate of drug-likeness (QED) is 0.756. The van der Waals surface area contributed by atoms with Crippen LogP contribution in [0.2, 0.25) is 0 Å². The summed E-state index contributed by atoms with van der Waals surface area (Å²) in [4.78, 5) is 15.1. The van der Waals surface area contributed by atoms with E-state index >= 15 is 0 Å². The van der Waals surface area contributed by atoms with Crippen molar-refractivity contribution in [2.75, 3.05) is 33.7 Å². The van der Waals surface area contributed by atoms with Crippen LogP contribution in [0.3, 0.4) is 0 Å². The predicted molar refractivity (Wildman–Crippen MR) is 111 cm³/mol. The molecule has 2 aromatic rings. The van der Waals surface area contributed by atoms with E-state index in [-0.39, 0.29) is 11.8 Å². The summed E-state index contributed by atoms with van der Waals surface area (Å²) < 4.78 is 0. The molecule has 1 aliphatic rings. The van der Waals surface area contributed by atoms with E-state index in [1.165, 1.54) is 5.56 Å². The van der Waals surface area contributed by atoms with Crippen molar-refractivity contribution < 1.29 is 4.79 Å². The summed E-state index contributed by atoms with van der Waals surface area (Å²) in [6, 6.07) is 18.6. The minimum atomic E-state index is -0.785. The van der Waals surface area contributed by atoms with Crippen LogP contribution in [0.15, 0.2) is 54.6 Å². The number of carbonyl (C=O) groups is 1. The van der Waals surface area contributed by atoms with Crippen LogP contribution in [0.1, 0.15) is 29.5 Å². The maximum absolute atomic E-state index is 12.9. The number of nitrogens with two attached hydrogens (primary N) is 1. The molecule has 3 rings (SSSR count). The van der Waals surface area contributed by atoms with Crippen LogP contribution in [0, 0.1) is 5.92 Å². The molecule has 2 atom stereocenters. The smallest absolute Gasteiger partial charge is 0.232 e. The number of amides is 1. The average molecular weight is 366 g/mol. The molecule has 0 saturated carbocycles. The van der Waals surface area contributed by atoms with E-state index < -0.39 is 5.41 Å². The molecule has 27 heavy (non-hydrogen) atoms. The standard InChI is InChI=1S/C23H31N3O/c1-26(2)16-6-7-18-10-12-20(13-11-18)23(22(24)27,21-14-15-25-17-21)19-8-4-3-5-9-19/h3-5,8-13,21,25H,6-7,14-17H2,1-2H3,(H2,24,27). The van der Waals surface area contributed by atoms with Crippen LogP contribution in [0.25, 0.3) is 0 Å². The molecule has 1 saturated heterocycles. The largest absolute Gasteiger partial charge is 0.369 e. The van der Waals surface area contributed by atoms with Gasteiger partial charge in [0.25, 0.3) is 0 Å². The van der Waals surface area contributed by atoms with Crippen LogP contribution < -0.4 is 11.1 Å². The Balaban J connectivity index is 1.97. The second kappa shape index (κ2) is 8.68. The lowest BCUT2D eigenvalue weighted by Crippen LogP contribution is -2.49. The van der Waals surface area contributed by atoms with Crippen LogP contribution in [0.5, 0.6) is 0 Å². The first-order valence-corrected chi connectivity index (χ1v) is 9.85. The molecule has 0 aromatic heterocycles. The van der Waals surface area contributed by atoms with Gasteiger partial charge in [-0.1, -0.05) is 54.6 Å². The third-order valence-electron chi connectivity index (χ3n) is 5.77. The Morgan fingerprint density at radius 2 is 1.78 bits per heavy atom. The summed E-state index contributed by atoms with van der Waals surface area (Å²) in [6.07, 6.45) is 3.11. The zero-order chi connectivity index (χ0) is 19.3. The molecule has 2 aromatic carbocycles. The van der Waals surface area contributed by atoms with Gasteiger partial charge in [0.1, 0.15) is 5.41 Å². The Kier molecular flexibility index (Phi) is 6.30. The van der Waals surface area contributed by atoms with Gasteiger partial charge in [-0.05, 0) is 75.6 Å². The Hall–Kier alpha value is -2.17. The second-order valence-electron chi connectivity index (χ2n) is 7.83. The van der Waals surface area contributed by atoms with Crippen LogP contribution in [-0.4, -0.2) is 44.5 Å². The van der Waals surface area contributed by atoms with Gasteiger partial charge in [-0.25, -0.2) is 0 Å². The molecule has 2 unspecified atom stereocenters. The van der Waals surface area contributed by atoms with E-state index in [9.17, 15) is 4.79 Å². The number of nitrogens with zero attached hydrogens (tertiary/aromatic N) is 1. The molecule has 4 heteroatoms. The molecule has 1 aliphatic heterocycles. The van der Waals surface area contributed by atoms with E-state index in [1.54, 1.807) is 0 Å². The van der Waals surface area contributed by atoms with Gasteiger partial charge in [0.2, 0.25) is 5.91 Å². The summed E-state index contributed by atoms with van der Waals surface area (Å²) in [5.41, 5.74) is 8.61. The highest BCUT2D eigenvalue weighted by Gasteiger charge is 2.48. The monoisotopic (exact) mass is 365 g/mol. The van der Waals surface area contributed by atoms with Crippen LogP contribution in [0.4, 0.5) is 0 Å². The molecule has 0 radical (unpaired) electrons. The van der Waals surface area contributed by atoms with E-state index in [0.29, 0.717) is 0 Å². The first-order valence-electron chi connectivity index (χ1n) is 9.85. The van der Waals surface area contributed by atoms with Crippen molar-refractivity contribution in [1.82, 2.24) is 10.2 Å². The number of rotatable bonds is 8. The number of hydrogen-bond acceptors (Lipinski definition) is 3. The van der Waals surface area contributed by atoms with Gasteiger partial charge < -0.3 is 16.0 Å². The average Bonchev–Trinajstić information content (AvgIpc) is 3.19.